The number of hydrogen-bond donors (Lipinski definition) is 0. The Morgan fingerprint density at radius 2 is 2.17 bits per heavy atom. The van der Waals surface area contributed by atoms with E-state index in [9.17, 15) is 4.79 Å². The highest BCUT2D eigenvalue weighted by molar-refractivity contribution is 5.84. The van der Waals surface area contributed by atoms with Gasteiger partial charge in [0, 0.05) is 5.92 Å². The molecule has 1 saturated carbocycles. The lowest BCUT2D eigenvalue weighted by Crippen LogP contribution is -2.15. The third-order valence-electron chi connectivity index (χ3n) is 4.28. The van der Waals surface area contributed by atoms with Crippen molar-refractivity contribution in [2.75, 3.05) is 0 Å². The minimum absolute atomic E-state index is 0.245. The molecule has 5 heteroatoms. The summed E-state index contributed by atoms with van der Waals surface area (Å²) in [5.41, 5.74) is 0. The largest absolute Gasteiger partial charge is 0.374 e. The lowest BCUT2D eigenvalue weighted by atomic mass is 9.89. The number of nitrogens with zero attached hydrogens (tertiary/aromatic N) is 2. The van der Waals surface area contributed by atoms with Crippen molar-refractivity contribution in [3.05, 3.63) is 11.7 Å². The Morgan fingerprint density at radius 3 is 2.83 bits per heavy atom. The van der Waals surface area contributed by atoms with Crippen molar-refractivity contribution in [1.29, 1.82) is 0 Å². The van der Waals surface area contributed by atoms with Gasteiger partial charge >= 0.3 is 0 Å². The van der Waals surface area contributed by atoms with Crippen LogP contribution >= 0.6 is 0 Å². The van der Waals surface area contributed by atoms with Crippen LogP contribution in [0.25, 0.3) is 0 Å². The third kappa shape index (κ3) is 1.77. The van der Waals surface area contributed by atoms with Crippen molar-refractivity contribution in [2.45, 2.75) is 56.7 Å². The Labute approximate surface area is 105 Å². The smallest absolute Gasteiger partial charge is 0.234 e. The molecule has 1 aliphatic carbocycles. The highest BCUT2D eigenvalue weighted by Gasteiger charge is 2.43. The fourth-order valence-electron chi connectivity index (χ4n) is 3.10. The van der Waals surface area contributed by atoms with Gasteiger partial charge in [-0.15, -0.1) is 0 Å². The predicted molar refractivity (Wildman–Crippen MR) is 61.0 cm³/mol. The van der Waals surface area contributed by atoms with Crippen molar-refractivity contribution >= 4 is 5.78 Å². The number of carbonyl (C=O) groups excluding carboxylic acids is 1. The highest BCUT2D eigenvalue weighted by atomic mass is 16.5. The molecule has 0 amide bonds. The molecule has 0 spiro atoms. The summed E-state index contributed by atoms with van der Waals surface area (Å²) in [5, 5.41) is 4.03. The lowest BCUT2D eigenvalue weighted by Gasteiger charge is -2.13. The number of carbonyl (C=O) groups is 1. The van der Waals surface area contributed by atoms with Crippen molar-refractivity contribution in [3.63, 3.8) is 0 Å². The van der Waals surface area contributed by atoms with Gasteiger partial charge in [-0.2, -0.15) is 4.98 Å². The van der Waals surface area contributed by atoms with Gasteiger partial charge in [0.2, 0.25) is 5.89 Å². The SMILES string of the molecule is O=C(Cc1nc(C2CC3CCC2O3)no1)C1CC1. The summed E-state index contributed by atoms with van der Waals surface area (Å²) in [6.45, 7) is 0. The fourth-order valence-corrected chi connectivity index (χ4v) is 3.10. The molecule has 3 heterocycles. The van der Waals surface area contributed by atoms with E-state index in [4.69, 9.17) is 9.26 Å². The summed E-state index contributed by atoms with van der Waals surface area (Å²) in [4.78, 5) is 16.1. The summed E-state index contributed by atoms with van der Waals surface area (Å²) in [7, 11) is 0. The molecule has 0 N–H and O–H groups in total. The predicted octanol–water partition coefficient (Wildman–Crippen LogP) is 1.63. The van der Waals surface area contributed by atoms with Crippen LogP contribution in [0.4, 0.5) is 0 Å². The zero-order valence-electron chi connectivity index (χ0n) is 10.2. The first kappa shape index (κ1) is 10.7. The van der Waals surface area contributed by atoms with Crippen LogP contribution in [-0.4, -0.2) is 28.1 Å². The molecule has 2 bridgehead atoms. The van der Waals surface area contributed by atoms with E-state index in [0.717, 1.165) is 37.9 Å². The lowest BCUT2D eigenvalue weighted by molar-refractivity contribution is -0.119. The fraction of sp³-hybridized carbons (Fsp3) is 0.769. The van der Waals surface area contributed by atoms with Crippen LogP contribution in [0.3, 0.4) is 0 Å². The van der Waals surface area contributed by atoms with E-state index >= 15 is 0 Å². The van der Waals surface area contributed by atoms with E-state index in [1.54, 1.807) is 0 Å². The molecule has 3 aliphatic rings. The molecule has 4 rings (SSSR count). The summed E-state index contributed by atoms with van der Waals surface area (Å²) in [6, 6.07) is 0. The average Bonchev–Trinajstić information content (AvgIpc) is 2.81. The first-order valence-corrected chi connectivity index (χ1v) is 6.80. The second-order valence-corrected chi connectivity index (χ2v) is 5.68. The van der Waals surface area contributed by atoms with Crippen LogP contribution < -0.4 is 0 Å². The average molecular weight is 248 g/mol. The Kier molecular flexibility index (Phi) is 2.30. The molecular formula is C13H16N2O3. The minimum Gasteiger partial charge on any atom is -0.374 e. The molecule has 1 aromatic heterocycles. The molecule has 2 saturated heterocycles. The highest BCUT2D eigenvalue weighted by Crippen LogP contribution is 2.43. The molecule has 3 unspecified atom stereocenters. The van der Waals surface area contributed by atoms with Gasteiger partial charge in [-0.1, -0.05) is 5.16 Å². The molecule has 18 heavy (non-hydrogen) atoms. The van der Waals surface area contributed by atoms with Gasteiger partial charge in [0.1, 0.15) is 5.78 Å². The second kappa shape index (κ2) is 3.88. The summed E-state index contributed by atoms with van der Waals surface area (Å²) >= 11 is 0. The summed E-state index contributed by atoms with van der Waals surface area (Å²) in [5.74, 6) is 1.99. The maximum atomic E-state index is 11.7. The zero-order valence-corrected chi connectivity index (χ0v) is 10.2. The number of Topliss-reactive ketones (excluding diaryl/α,β-unsaturated/α-hetero) is 1. The Bertz CT molecular complexity index is 480. The molecule has 0 aromatic carbocycles. The van der Waals surface area contributed by atoms with Gasteiger partial charge in [0.05, 0.1) is 24.5 Å². The molecule has 3 fully saturated rings. The first-order valence-electron chi connectivity index (χ1n) is 6.80. The van der Waals surface area contributed by atoms with Gasteiger partial charge in [-0.3, -0.25) is 4.79 Å². The van der Waals surface area contributed by atoms with Crippen LogP contribution in [0.5, 0.6) is 0 Å². The van der Waals surface area contributed by atoms with E-state index in [1.807, 2.05) is 0 Å². The van der Waals surface area contributed by atoms with Gasteiger partial charge < -0.3 is 9.26 Å². The molecule has 5 nitrogen and oxygen atoms in total. The van der Waals surface area contributed by atoms with Crippen molar-refractivity contribution in [2.24, 2.45) is 5.92 Å². The van der Waals surface area contributed by atoms with E-state index in [2.05, 4.69) is 10.1 Å². The topological polar surface area (TPSA) is 65.2 Å². The van der Waals surface area contributed by atoms with Crippen molar-refractivity contribution in [1.82, 2.24) is 10.1 Å². The van der Waals surface area contributed by atoms with Gasteiger partial charge in [-0.25, -0.2) is 0 Å². The van der Waals surface area contributed by atoms with Crippen LogP contribution in [-0.2, 0) is 16.0 Å². The Balaban J connectivity index is 1.46. The quantitative estimate of drug-likeness (QED) is 0.810. The summed E-state index contributed by atoms with van der Waals surface area (Å²) in [6.07, 6.45) is 6.26. The number of ketones is 1. The second-order valence-electron chi connectivity index (χ2n) is 5.68. The monoisotopic (exact) mass is 248 g/mol. The third-order valence-corrected chi connectivity index (χ3v) is 4.28. The van der Waals surface area contributed by atoms with Crippen molar-refractivity contribution in [3.8, 4) is 0 Å². The maximum Gasteiger partial charge on any atom is 0.234 e. The molecule has 3 atom stereocenters. The van der Waals surface area contributed by atoms with Gasteiger partial charge in [0.25, 0.3) is 0 Å². The number of fused-ring (bicyclic) bond motifs is 2. The van der Waals surface area contributed by atoms with Crippen LogP contribution in [0.1, 0.15) is 49.7 Å². The van der Waals surface area contributed by atoms with E-state index in [-0.39, 0.29) is 23.7 Å². The van der Waals surface area contributed by atoms with Crippen LogP contribution in [0.2, 0.25) is 0 Å². The standard InChI is InChI=1S/C13H16N2O3/c16-10(7-1-2-7)6-12-14-13(15-18-12)9-5-8-3-4-11(9)17-8/h7-9,11H,1-6H2. The number of aromatic nitrogens is 2. The molecule has 1 aromatic rings. The number of rotatable bonds is 4. The zero-order chi connectivity index (χ0) is 12.1. The van der Waals surface area contributed by atoms with E-state index < -0.39 is 0 Å². The van der Waals surface area contributed by atoms with E-state index in [1.165, 1.54) is 0 Å². The van der Waals surface area contributed by atoms with Crippen molar-refractivity contribution < 1.29 is 14.1 Å². The van der Waals surface area contributed by atoms with Crippen LogP contribution in [0.15, 0.2) is 4.52 Å². The molecule has 96 valence electrons. The molecule has 0 radical (unpaired) electrons. The molecule has 2 aliphatic heterocycles. The van der Waals surface area contributed by atoms with E-state index in [0.29, 0.717) is 18.4 Å². The number of ether oxygens (including phenoxy) is 1. The van der Waals surface area contributed by atoms with Gasteiger partial charge in [0.15, 0.2) is 5.82 Å². The maximum absolute atomic E-state index is 11.7. The normalized spacial score (nSPS) is 34.1. The Hall–Kier alpha value is -1.23. The number of hydrogen-bond acceptors (Lipinski definition) is 5. The molecular weight excluding hydrogens is 232 g/mol. The van der Waals surface area contributed by atoms with Crippen LogP contribution in [0, 0.1) is 5.92 Å². The Morgan fingerprint density at radius 1 is 1.28 bits per heavy atom. The summed E-state index contributed by atoms with van der Waals surface area (Å²) < 4.78 is 11.0. The first-order chi connectivity index (χ1) is 8.79. The van der Waals surface area contributed by atoms with Gasteiger partial charge in [-0.05, 0) is 32.1 Å². The minimum atomic E-state index is 0.245.